The summed E-state index contributed by atoms with van der Waals surface area (Å²) in [4.78, 5) is 29.8. The predicted octanol–water partition coefficient (Wildman–Crippen LogP) is 2.77. The summed E-state index contributed by atoms with van der Waals surface area (Å²) in [5, 5.41) is 3.48. The van der Waals surface area contributed by atoms with Gasteiger partial charge in [0.25, 0.3) is 11.5 Å². The van der Waals surface area contributed by atoms with Crippen LogP contribution < -0.4 is 10.9 Å². The summed E-state index contributed by atoms with van der Waals surface area (Å²) in [6.07, 6.45) is 2.27. The van der Waals surface area contributed by atoms with Crippen LogP contribution in [0.2, 0.25) is 0 Å². The number of hydrogen-bond acceptors (Lipinski definition) is 4. The Hall–Kier alpha value is -1.99. The molecule has 3 N–H and O–H groups in total. The molecule has 134 valence electrons. The van der Waals surface area contributed by atoms with E-state index in [-0.39, 0.29) is 22.3 Å². The Morgan fingerprint density at radius 1 is 1.40 bits per heavy atom. The molecule has 2 atom stereocenters. The molecule has 0 radical (unpaired) electrons. The van der Waals surface area contributed by atoms with Gasteiger partial charge in [0.05, 0.1) is 17.0 Å². The van der Waals surface area contributed by atoms with E-state index < -0.39 is 0 Å². The summed E-state index contributed by atoms with van der Waals surface area (Å²) < 4.78 is 6.11. The van der Waals surface area contributed by atoms with E-state index in [0.29, 0.717) is 34.8 Å². The van der Waals surface area contributed by atoms with E-state index in [1.807, 2.05) is 0 Å². The third-order valence-corrected chi connectivity index (χ3v) is 4.88. The van der Waals surface area contributed by atoms with Gasteiger partial charge in [-0.2, -0.15) is 0 Å². The van der Waals surface area contributed by atoms with E-state index in [4.69, 9.17) is 17.0 Å². The zero-order valence-corrected chi connectivity index (χ0v) is 15.2. The number of fused-ring (bicyclic) bond motifs is 1. The standard InChI is InChI=1S/C18H23N3O3S/c1-10(2)15-12(4-3-7-24-15)9-19-16(22)11-5-6-13-14(8-11)20-18(25)21-17(13)23/h5-6,8,10,12,15H,3-4,7,9H2,1-2H3,(H,19,22)(H2,20,21,23,25)/t12-,15-/m0/s1. The number of H-pyrrole nitrogens is 2. The Kier molecular flexibility index (Phi) is 5.34. The van der Waals surface area contributed by atoms with Crippen LogP contribution in [0.3, 0.4) is 0 Å². The number of carbonyl (C=O) groups is 1. The van der Waals surface area contributed by atoms with E-state index in [1.54, 1.807) is 18.2 Å². The minimum absolute atomic E-state index is 0.158. The molecule has 3 rings (SSSR count). The first-order valence-electron chi connectivity index (χ1n) is 8.62. The summed E-state index contributed by atoms with van der Waals surface area (Å²) in [7, 11) is 0. The van der Waals surface area contributed by atoms with Crippen molar-refractivity contribution in [3.63, 3.8) is 0 Å². The number of nitrogens with one attached hydrogen (secondary N) is 3. The van der Waals surface area contributed by atoms with Crippen molar-refractivity contribution < 1.29 is 9.53 Å². The fourth-order valence-electron chi connectivity index (χ4n) is 3.46. The van der Waals surface area contributed by atoms with Crippen LogP contribution in [0.15, 0.2) is 23.0 Å². The monoisotopic (exact) mass is 361 g/mol. The van der Waals surface area contributed by atoms with Crippen molar-refractivity contribution in [3.05, 3.63) is 38.9 Å². The van der Waals surface area contributed by atoms with Gasteiger partial charge in [0.1, 0.15) is 0 Å². The van der Waals surface area contributed by atoms with Crippen LogP contribution in [0, 0.1) is 16.6 Å². The van der Waals surface area contributed by atoms with Gasteiger partial charge in [-0.05, 0) is 49.2 Å². The molecule has 25 heavy (non-hydrogen) atoms. The molecule has 1 saturated heterocycles. The van der Waals surface area contributed by atoms with Crippen LogP contribution in [0.5, 0.6) is 0 Å². The molecule has 0 bridgehead atoms. The highest BCUT2D eigenvalue weighted by atomic mass is 32.1. The lowest BCUT2D eigenvalue weighted by Gasteiger charge is -2.34. The molecule has 6 nitrogen and oxygen atoms in total. The van der Waals surface area contributed by atoms with Crippen molar-refractivity contribution in [2.75, 3.05) is 13.2 Å². The average molecular weight is 361 g/mol. The van der Waals surface area contributed by atoms with Gasteiger partial charge in [0.15, 0.2) is 4.77 Å². The number of aromatic nitrogens is 2. The number of benzene rings is 1. The second-order valence-corrected chi connectivity index (χ2v) is 7.27. The van der Waals surface area contributed by atoms with E-state index >= 15 is 0 Å². The van der Waals surface area contributed by atoms with E-state index in [1.165, 1.54) is 0 Å². The van der Waals surface area contributed by atoms with Crippen LogP contribution in [0.1, 0.15) is 37.0 Å². The molecule has 0 saturated carbocycles. The van der Waals surface area contributed by atoms with E-state index in [2.05, 4.69) is 29.1 Å². The number of carbonyl (C=O) groups excluding carboxylic acids is 1. The molecular formula is C18H23N3O3S. The predicted molar refractivity (Wildman–Crippen MR) is 99.4 cm³/mol. The summed E-state index contributed by atoms with van der Waals surface area (Å²) in [5.74, 6) is 0.594. The van der Waals surface area contributed by atoms with Crippen LogP contribution in [0.4, 0.5) is 0 Å². The molecule has 7 heteroatoms. The number of amides is 1. The number of rotatable bonds is 4. The third kappa shape index (κ3) is 3.99. The SMILES string of the molecule is CC(C)[C@@H]1OCCC[C@H]1CNC(=O)c1ccc2c(=O)[nH]c(=S)[nH]c2c1. The Morgan fingerprint density at radius 2 is 2.20 bits per heavy atom. The maximum atomic E-state index is 12.5. The fraction of sp³-hybridized carbons (Fsp3) is 0.500. The quantitative estimate of drug-likeness (QED) is 0.731. The lowest BCUT2D eigenvalue weighted by Crippen LogP contribution is -2.41. The van der Waals surface area contributed by atoms with Crippen molar-refractivity contribution >= 4 is 29.0 Å². The van der Waals surface area contributed by atoms with E-state index in [0.717, 1.165) is 19.4 Å². The minimum atomic E-state index is -0.259. The number of aromatic amines is 2. The van der Waals surface area contributed by atoms with Gasteiger partial charge in [-0.25, -0.2) is 0 Å². The lowest BCUT2D eigenvalue weighted by atomic mass is 9.87. The van der Waals surface area contributed by atoms with Crippen LogP contribution in [-0.4, -0.2) is 35.1 Å². The molecule has 1 aliphatic heterocycles. The average Bonchev–Trinajstić information content (AvgIpc) is 2.59. The summed E-state index contributed by atoms with van der Waals surface area (Å²) in [5.41, 5.74) is 0.800. The molecular weight excluding hydrogens is 338 g/mol. The van der Waals surface area contributed by atoms with Gasteiger partial charge in [-0.3, -0.25) is 14.6 Å². The molecule has 1 aliphatic rings. The number of ether oxygens (including phenoxy) is 1. The highest BCUT2D eigenvalue weighted by Crippen LogP contribution is 2.25. The van der Waals surface area contributed by atoms with Gasteiger partial charge in [-0.15, -0.1) is 0 Å². The molecule has 0 aliphatic carbocycles. The number of hydrogen-bond donors (Lipinski definition) is 3. The highest BCUT2D eigenvalue weighted by molar-refractivity contribution is 7.71. The van der Waals surface area contributed by atoms with Crippen molar-refractivity contribution in [3.8, 4) is 0 Å². The van der Waals surface area contributed by atoms with Crippen LogP contribution in [0.25, 0.3) is 10.9 Å². The largest absolute Gasteiger partial charge is 0.378 e. The Morgan fingerprint density at radius 3 is 2.96 bits per heavy atom. The van der Waals surface area contributed by atoms with Gasteiger partial charge in [0, 0.05) is 24.6 Å². The van der Waals surface area contributed by atoms with E-state index in [9.17, 15) is 9.59 Å². The summed E-state index contributed by atoms with van der Waals surface area (Å²) in [6.45, 7) is 5.68. The molecule has 0 spiro atoms. The maximum absolute atomic E-state index is 12.5. The smallest absolute Gasteiger partial charge is 0.259 e. The van der Waals surface area contributed by atoms with Crippen LogP contribution >= 0.6 is 12.2 Å². The lowest BCUT2D eigenvalue weighted by molar-refractivity contribution is -0.0510. The van der Waals surface area contributed by atoms with Crippen molar-refractivity contribution in [2.45, 2.75) is 32.8 Å². The molecule has 1 aromatic carbocycles. The minimum Gasteiger partial charge on any atom is -0.378 e. The molecule has 2 aromatic rings. The topological polar surface area (TPSA) is 87.0 Å². The van der Waals surface area contributed by atoms with Gasteiger partial charge < -0.3 is 15.0 Å². The first kappa shape index (κ1) is 17.8. The van der Waals surface area contributed by atoms with Crippen molar-refractivity contribution in [1.29, 1.82) is 0 Å². The van der Waals surface area contributed by atoms with Gasteiger partial charge in [-0.1, -0.05) is 13.8 Å². The molecule has 0 unspecified atom stereocenters. The van der Waals surface area contributed by atoms with Crippen molar-refractivity contribution in [1.82, 2.24) is 15.3 Å². The molecule has 2 heterocycles. The normalized spacial score (nSPS) is 20.8. The first-order valence-corrected chi connectivity index (χ1v) is 9.02. The third-order valence-electron chi connectivity index (χ3n) is 4.68. The first-order chi connectivity index (χ1) is 12.0. The Bertz CT molecular complexity index is 887. The maximum Gasteiger partial charge on any atom is 0.259 e. The van der Waals surface area contributed by atoms with Crippen LogP contribution in [-0.2, 0) is 4.74 Å². The van der Waals surface area contributed by atoms with Gasteiger partial charge in [0.2, 0.25) is 0 Å². The second kappa shape index (κ2) is 7.49. The summed E-state index contributed by atoms with van der Waals surface area (Å²) >= 11 is 4.98. The molecule has 1 fully saturated rings. The zero-order chi connectivity index (χ0) is 18.0. The highest BCUT2D eigenvalue weighted by Gasteiger charge is 2.28. The Balaban J connectivity index is 1.74. The molecule has 1 aromatic heterocycles. The Labute approximate surface area is 151 Å². The van der Waals surface area contributed by atoms with Crippen molar-refractivity contribution in [2.24, 2.45) is 11.8 Å². The van der Waals surface area contributed by atoms with Gasteiger partial charge >= 0.3 is 0 Å². The fourth-order valence-corrected chi connectivity index (χ4v) is 3.66. The molecule has 1 amide bonds. The zero-order valence-electron chi connectivity index (χ0n) is 14.4. The summed E-state index contributed by atoms with van der Waals surface area (Å²) in [6, 6.07) is 4.95. The second-order valence-electron chi connectivity index (χ2n) is 6.86.